The van der Waals surface area contributed by atoms with Crippen LogP contribution >= 0.6 is 0 Å². The van der Waals surface area contributed by atoms with Crippen LogP contribution in [-0.2, 0) is 16.6 Å². The number of hydrogen-bond acceptors (Lipinski definition) is 4. The molecule has 5 heteroatoms. The van der Waals surface area contributed by atoms with E-state index in [1.165, 1.54) is 0 Å². The van der Waals surface area contributed by atoms with Crippen molar-refractivity contribution in [3.63, 3.8) is 0 Å². The van der Waals surface area contributed by atoms with Gasteiger partial charge in [-0.3, -0.25) is 4.68 Å². The molecule has 0 spiro atoms. The third kappa shape index (κ3) is 1.57. The Morgan fingerprint density at radius 1 is 1.57 bits per heavy atom. The Labute approximate surface area is 82.3 Å². The third-order valence-corrected chi connectivity index (χ3v) is 2.01. The van der Waals surface area contributed by atoms with Gasteiger partial charge in [0, 0.05) is 13.2 Å². The molecule has 0 aromatic carbocycles. The summed E-state index contributed by atoms with van der Waals surface area (Å²) >= 11 is 0. The molecule has 1 atom stereocenters. The van der Waals surface area contributed by atoms with E-state index in [4.69, 9.17) is 9.57 Å². The molecule has 0 N–H and O–H groups in total. The highest BCUT2D eigenvalue weighted by molar-refractivity contribution is 5.94. The molecule has 0 saturated heterocycles. The molecule has 1 aliphatic rings. The van der Waals surface area contributed by atoms with Crippen molar-refractivity contribution in [2.75, 3.05) is 6.61 Å². The van der Waals surface area contributed by atoms with Crippen LogP contribution < -0.4 is 0 Å². The van der Waals surface area contributed by atoms with Crippen LogP contribution in [0.15, 0.2) is 11.4 Å². The molecule has 5 nitrogen and oxygen atoms in total. The second-order valence-electron chi connectivity index (χ2n) is 3.42. The lowest BCUT2D eigenvalue weighted by Crippen LogP contribution is -2.25. The average Bonchev–Trinajstić information content (AvgIpc) is 2.45. The van der Waals surface area contributed by atoms with E-state index in [2.05, 4.69) is 10.3 Å². The van der Waals surface area contributed by atoms with Crippen LogP contribution in [0.1, 0.15) is 18.2 Å². The molecule has 0 aliphatic carbocycles. The van der Waals surface area contributed by atoms with Gasteiger partial charge in [0.1, 0.15) is 6.10 Å². The van der Waals surface area contributed by atoms with Gasteiger partial charge in [0.25, 0.3) is 5.90 Å². The number of ether oxygens (including phenoxy) is 1. The predicted octanol–water partition coefficient (Wildman–Crippen LogP) is 0.825. The summed E-state index contributed by atoms with van der Waals surface area (Å²) in [5.41, 5.74) is 1.78. The maximum absolute atomic E-state index is 5.54. The number of rotatable bonds is 1. The molecule has 0 fully saturated rings. The number of aromatic nitrogens is 2. The Bertz CT molecular complexity index is 370. The normalized spacial score (nSPS) is 21.1. The van der Waals surface area contributed by atoms with Gasteiger partial charge < -0.3 is 9.57 Å². The number of hydrogen-bond donors (Lipinski definition) is 0. The zero-order chi connectivity index (χ0) is 10.1. The molecule has 0 amide bonds. The van der Waals surface area contributed by atoms with Gasteiger partial charge in [-0.25, -0.2) is 0 Å². The zero-order valence-electron chi connectivity index (χ0n) is 8.52. The molecule has 1 aliphatic heterocycles. The fourth-order valence-corrected chi connectivity index (χ4v) is 1.37. The lowest BCUT2D eigenvalue weighted by molar-refractivity contribution is 0.0196. The lowest BCUT2D eigenvalue weighted by atomic mass is 10.2. The Morgan fingerprint density at radius 2 is 2.36 bits per heavy atom. The van der Waals surface area contributed by atoms with Crippen molar-refractivity contribution in [1.82, 2.24) is 9.78 Å². The molecule has 1 unspecified atom stereocenters. The number of aryl methyl sites for hydroxylation is 2. The minimum Gasteiger partial charge on any atom is -0.468 e. The van der Waals surface area contributed by atoms with Crippen LogP contribution in [0.5, 0.6) is 0 Å². The SMILES string of the molecule is Cc1nn(C)cc1C1=NOCC(C)O1. The van der Waals surface area contributed by atoms with Crippen molar-refractivity contribution in [3.05, 3.63) is 17.5 Å². The van der Waals surface area contributed by atoms with Crippen LogP contribution in [0.25, 0.3) is 0 Å². The molecular formula is C9H13N3O2. The van der Waals surface area contributed by atoms with E-state index in [0.717, 1.165) is 11.3 Å². The van der Waals surface area contributed by atoms with Crippen LogP contribution in [0, 0.1) is 6.92 Å². The minimum atomic E-state index is 0.0436. The number of oxime groups is 1. The Hall–Kier alpha value is -1.52. The molecule has 76 valence electrons. The van der Waals surface area contributed by atoms with Gasteiger partial charge >= 0.3 is 0 Å². The van der Waals surface area contributed by atoms with Crippen molar-refractivity contribution in [2.45, 2.75) is 20.0 Å². The molecule has 1 aromatic heterocycles. The van der Waals surface area contributed by atoms with E-state index < -0.39 is 0 Å². The second kappa shape index (κ2) is 3.32. The molecule has 14 heavy (non-hydrogen) atoms. The first kappa shape index (κ1) is 9.05. The monoisotopic (exact) mass is 195 g/mol. The van der Waals surface area contributed by atoms with Crippen molar-refractivity contribution >= 4 is 5.90 Å². The van der Waals surface area contributed by atoms with Crippen LogP contribution in [-0.4, -0.2) is 28.4 Å². The molecule has 2 heterocycles. The van der Waals surface area contributed by atoms with Crippen LogP contribution in [0.4, 0.5) is 0 Å². The smallest absolute Gasteiger partial charge is 0.261 e. The third-order valence-electron chi connectivity index (χ3n) is 2.01. The van der Waals surface area contributed by atoms with E-state index in [0.29, 0.717) is 12.5 Å². The topological polar surface area (TPSA) is 48.6 Å². The van der Waals surface area contributed by atoms with Gasteiger partial charge in [-0.15, -0.1) is 0 Å². The average molecular weight is 195 g/mol. The molecular weight excluding hydrogens is 182 g/mol. The van der Waals surface area contributed by atoms with Gasteiger partial charge in [0.05, 0.1) is 11.3 Å². The molecule has 0 radical (unpaired) electrons. The highest BCUT2D eigenvalue weighted by atomic mass is 16.7. The standard InChI is InChI=1S/C9H13N3O2/c1-6-5-13-11-9(14-6)8-4-12(3)10-7(8)2/h4,6H,5H2,1-3H3. The highest BCUT2D eigenvalue weighted by Crippen LogP contribution is 2.13. The highest BCUT2D eigenvalue weighted by Gasteiger charge is 2.19. The predicted molar refractivity (Wildman–Crippen MR) is 51.0 cm³/mol. The Kier molecular flexibility index (Phi) is 2.15. The first-order valence-electron chi connectivity index (χ1n) is 4.54. The second-order valence-corrected chi connectivity index (χ2v) is 3.42. The maximum atomic E-state index is 5.54. The lowest BCUT2D eigenvalue weighted by Gasteiger charge is -2.19. The van der Waals surface area contributed by atoms with E-state index in [9.17, 15) is 0 Å². The first-order chi connectivity index (χ1) is 6.66. The Balaban J connectivity index is 2.30. The fourth-order valence-electron chi connectivity index (χ4n) is 1.37. The summed E-state index contributed by atoms with van der Waals surface area (Å²) in [5, 5.41) is 8.08. The van der Waals surface area contributed by atoms with Gasteiger partial charge in [-0.1, -0.05) is 0 Å². The van der Waals surface area contributed by atoms with E-state index in [-0.39, 0.29) is 6.10 Å². The summed E-state index contributed by atoms with van der Waals surface area (Å²) in [6, 6.07) is 0. The van der Waals surface area contributed by atoms with Crippen LogP contribution in [0.2, 0.25) is 0 Å². The molecule has 0 saturated carbocycles. The van der Waals surface area contributed by atoms with Crippen molar-refractivity contribution in [2.24, 2.45) is 12.2 Å². The molecule has 1 aromatic rings. The first-order valence-corrected chi connectivity index (χ1v) is 4.54. The van der Waals surface area contributed by atoms with Gasteiger partial charge in [0.15, 0.2) is 6.61 Å². The van der Waals surface area contributed by atoms with E-state index in [1.807, 2.05) is 27.1 Å². The summed E-state index contributed by atoms with van der Waals surface area (Å²) in [6.07, 6.45) is 1.91. The van der Waals surface area contributed by atoms with Crippen molar-refractivity contribution < 1.29 is 9.57 Å². The number of nitrogens with zero attached hydrogens (tertiary/aromatic N) is 3. The van der Waals surface area contributed by atoms with Gasteiger partial charge in [-0.05, 0) is 19.0 Å². The minimum absolute atomic E-state index is 0.0436. The summed E-state index contributed by atoms with van der Waals surface area (Å²) < 4.78 is 7.27. The Morgan fingerprint density at radius 3 is 2.93 bits per heavy atom. The van der Waals surface area contributed by atoms with Crippen molar-refractivity contribution in [3.8, 4) is 0 Å². The summed E-state index contributed by atoms with van der Waals surface area (Å²) in [7, 11) is 1.87. The van der Waals surface area contributed by atoms with E-state index >= 15 is 0 Å². The van der Waals surface area contributed by atoms with Crippen molar-refractivity contribution in [1.29, 1.82) is 0 Å². The summed E-state index contributed by atoms with van der Waals surface area (Å²) in [6.45, 7) is 4.36. The maximum Gasteiger partial charge on any atom is 0.261 e. The summed E-state index contributed by atoms with van der Waals surface area (Å²) in [5.74, 6) is 0.523. The van der Waals surface area contributed by atoms with Gasteiger partial charge in [-0.2, -0.15) is 5.10 Å². The molecule has 0 bridgehead atoms. The zero-order valence-corrected chi connectivity index (χ0v) is 8.52. The largest absolute Gasteiger partial charge is 0.468 e. The quantitative estimate of drug-likeness (QED) is 0.666. The molecule has 2 rings (SSSR count). The summed E-state index contributed by atoms with van der Waals surface area (Å²) in [4.78, 5) is 5.04. The fraction of sp³-hybridized carbons (Fsp3) is 0.556. The van der Waals surface area contributed by atoms with Gasteiger partial charge in [0.2, 0.25) is 0 Å². The van der Waals surface area contributed by atoms with E-state index in [1.54, 1.807) is 4.68 Å². The van der Waals surface area contributed by atoms with Crippen LogP contribution in [0.3, 0.4) is 0 Å².